The Morgan fingerprint density at radius 1 is 0.927 bits per heavy atom. The van der Waals surface area contributed by atoms with Crippen molar-refractivity contribution in [3.8, 4) is 0 Å². The van der Waals surface area contributed by atoms with Gasteiger partial charge in [0, 0.05) is 42.0 Å². The number of fused-ring (bicyclic) bond motifs is 1. The molecule has 1 aliphatic heterocycles. The Morgan fingerprint density at radius 2 is 1.56 bits per heavy atom. The Morgan fingerprint density at radius 3 is 2.20 bits per heavy atom. The third kappa shape index (κ3) is 5.33. The maximum absolute atomic E-state index is 14.5. The average molecular weight is 609 g/mol. The lowest BCUT2D eigenvalue weighted by molar-refractivity contribution is -0.127. The van der Waals surface area contributed by atoms with E-state index in [4.69, 9.17) is 39.9 Å². The lowest BCUT2D eigenvalue weighted by atomic mass is 9.92. The third-order valence-electron chi connectivity index (χ3n) is 7.00. The molecule has 4 aromatic carbocycles. The molecule has 1 atom stereocenters. The maximum Gasteiger partial charge on any atom is 0.300 e. The van der Waals surface area contributed by atoms with E-state index >= 15 is 0 Å². The van der Waals surface area contributed by atoms with E-state index in [2.05, 4.69) is 29.4 Å². The summed E-state index contributed by atoms with van der Waals surface area (Å²) in [6, 6.07) is 24.1. The molecule has 0 radical (unpaired) electrons. The number of rotatable bonds is 8. The summed E-state index contributed by atoms with van der Waals surface area (Å²) in [6.45, 7) is 7.24. The molecule has 210 valence electrons. The van der Waals surface area contributed by atoms with Gasteiger partial charge in [0.25, 0.3) is 0 Å². The van der Waals surface area contributed by atoms with E-state index in [1.807, 2.05) is 66.7 Å². The number of carbonyl (C=O) groups excluding carboxylic acids is 2. The number of halogens is 3. The summed E-state index contributed by atoms with van der Waals surface area (Å²) in [7, 11) is 0. The van der Waals surface area contributed by atoms with Gasteiger partial charge in [0.15, 0.2) is 0 Å². The predicted octanol–water partition coefficient (Wildman–Crippen LogP) is 7.34. The van der Waals surface area contributed by atoms with Crippen molar-refractivity contribution in [3.63, 3.8) is 0 Å². The highest BCUT2D eigenvalue weighted by Crippen LogP contribution is 2.41. The van der Waals surface area contributed by atoms with Crippen LogP contribution in [0.25, 0.3) is 10.8 Å². The van der Waals surface area contributed by atoms with Crippen LogP contribution in [0.5, 0.6) is 0 Å². The van der Waals surface area contributed by atoms with Crippen molar-refractivity contribution in [2.75, 3.05) is 28.3 Å². The van der Waals surface area contributed by atoms with Crippen molar-refractivity contribution in [2.45, 2.75) is 26.4 Å². The van der Waals surface area contributed by atoms with Crippen LogP contribution in [0.2, 0.25) is 15.1 Å². The van der Waals surface area contributed by atoms with Gasteiger partial charge < -0.3 is 15.5 Å². The van der Waals surface area contributed by atoms with Crippen LogP contribution in [-0.4, -0.2) is 36.3 Å². The minimum atomic E-state index is -1.79. The first-order valence-electron chi connectivity index (χ1n) is 13.2. The number of anilines is 3. The van der Waals surface area contributed by atoms with Gasteiger partial charge in [-0.25, -0.2) is 0 Å². The Hall–Kier alpha value is -3.78. The van der Waals surface area contributed by atoms with Gasteiger partial charge in [0.1, 0.15) is 11.4 Å². The molecule has 0 saturated carbocycles. The molecule has 1 aliphatic rings. The number of amides is 2. The average Bonchev–Trinajstić information content (AvgIpc) is 3.20. The minimum absolute atomic E-state index is 0.138. The van der Waals surface area contributed by atoms with E-state index in [1.54, 1.807) is 0 Å². The molecule has 4 aromatic rings. The Bertz CT molecular complexity index is 1640. The first kappa shape index (κ1) is 28.7. The summed E-state index contributed by atoms with van der Waals surface area (Å²) < 4.78 is 0. The van der Waals surface area contributed by atoms with Crippen molar-refractivity contribution >= 4 is 80.2 Å². The molecule has 2 amide bonds. The van der Waals surface area contributed by atoms with Gasteiger partial charge >= 0.3 is 5.91 Å². The summed E-state index contributed by atoms with van der Waals surface area (Å²) >= 11 is 19.3. The van der Waals surface area contributed by atoms with Gasteiger partial charge in [-0.15, -0.1) is 0 Å². The molecule has 10 heteroatoms. The van der Waals surface area contributed by atoms with Crippen LogP contribution in [0.15, 0.2) is 84.0 Å². The number of hydrazone groups is 1. The molecule has 0 aromatic heterocycles. The van der Waals surface area contributed by atoms with Crippen molar-refractivity contribution < 1.29 is 9.59 Å². The van der Waals surface area contributed by atoms with Crippen molar-refractivity contribution in [2.24, 2.45) is 5.10 Å². The van der Waals surface area contributed by atoms with Crippen LogP contribution in [0.1, 0.15) is 26.3 Å². The molecule has 0 bridgehead atoms. The highest BCUT2D eigenvalue weighted by Gasteiger charge is 2.54. The van der Waals surface area contributed by atoms with Crippen LogP contribution in [-0.2, 0) is 9.59 Å². The smallest absolute Gasteiger partial charge is 0.300 e. The first-order chi connectivity index (χ1) is 19.7. The largest absolute Gasteiger partial charge is 0.372 e. The molecule has 5 rings (SSSR count). The number of nitrogens with one attached hydrogen (secondary N) is 2. The van der Waals surface area contributed by atoms with Gasteiger partial charge in [0.2, 0.25) is 11.6 Å². The number of hydrogen-bond donors (Lipinski definition) is 2. The van der Waals surface area contributed by atoms with E-state index in [0.29, 0.717) is 16.3 Å². The molecular formula is C31H28Cl3N5O2. The fourth-order valence-electron chi connectivity index (χ4n) is 5.14. The summed E-state index contributed by atoms with van der Waals surface area (Å²) in [5.41, 5.74) is 0.943. The molecule has 0 spiro atoms. The standard InChI is InChI=1S/C31H28Cl3N5O2/c1-4-38(5-2)23-15-13-22(14-16-23)36-31(35-19(3)40)29(25-12-8-10-20-9-6-7-11-24(20)25)37-39(30(31)41)28-26(33)17-21(32)18-27(28)34/h6-18,36H,4-5H2,1-3H3,(H,35,40). The van der Waals surface area contributed by atoms with E-state index < -0.39 is 17.5 Å². The Labute approximate surface area is 253 Å². The summed E-state index contributed by atoms with van der Waals surface area (Å²) in [5, 5.41) is 14.5. The molecule has 41 heavy (non-hydrogen) atoms. The topological polar surface area (TPSA) is 77.0 Å². The summed E-state index contributed by atoms with van der Waals surface area (Å²) in [5.74, 6) is -1.02. The first-order valence-corrected chi connectivity index (χ1v) is 14.3. The molecule has 0 fully saturated rings. The SMILES string of the molecule is CCN(CC)c1ccc(NC2(NC(C)=O)C(=O)N(c3c(Cl)cc(Cl)cc3Cl)N=C2c2cccc3ccccc23)cc1. The van der Waals surface area contributed by atoms with Crippen LogP contribution in [0.4, 0.5) is 17.1 Å². The molecule has 2 N–H and O–H groups in total. The Balaban J connectivity index is 1.72. The predicted molar refractivity (Wildman–Crippen MR) is 170 cm³/mol. The van der Waals surface area contributed by atoms with Gasteiger partial charge in [-0.3, -0.25) is 9.59 Å². The van der Waals surface area contributed by atoms with E-state index in [9.17, 15) is 9.59 Å². The maximum atomic E-state index is 14.5. The monoisotopic (exact) mass is 607 g/mol. The van der Waals surface area contributed by atoms with E-state index in [-0.39, 0.29) is 21.4 Å². The number of hydrogen-bond acceptors (Lipinski definition) is 5. The molecule has 7 nitrogen and oxygen atoms in total. The van der Waals surface area contributed by atoms with Crippen LogP contribution in [0, 0.1) is 0 Å². The van der Waals surface area contributed by atoms with Crippen LogP contribution >= 0.6 is 34.8 Å². The van der Waals surface area contributed by atoms with Gasteiger partial charge in [-0.2, -0.15) is 10.1 Å². The third-order valence-corrected chi connectivity index (χ3v) is 7.79. The van der Waals surface area contributed by atoms with Gasteiger partial charge in [-0.05, 0) is 61.0 Å². The fraction of sp³-hybridized carbons (Fsp3) is 0.194. The zero-order valence-corrected chi connectivity index (χ0v) is 25.0. The van der Waals surface area contributed by atoms with E-state index in [1.165, 1.54) is 19.1 Å². The fourth-order valence-corrected chi connectivity index (χ4v) is 6.12. The molecule has 1 heterocycles. The second-order valence-corrected chi connectivity index (χ2v) is 10.8. The summed E-state index contributed by atoms with van der Waals surface area (Å²) in [6.07, 6.45) is 0. The minimum Gasteiger partial charge on any atom is -0.372 e. The molecule has 0 saturated heterocycles. The Kier molecular flexibility index (Phi) is 8.13. The second-order valence-electron chi connectivity index (χ2n) is 9.59. The van der Waals surface area contributed by atoms with Crippen LogP contribution < -0.4 is 20.5 Å². The highest BCUT2D eigenvalue weighted by molar-refractivity contribution is 6.44. The second kappa shape index (κ2) is 11.6. The quantitative estimate of drug-likeness (QED) is 0.205. The van der Waals surface area contributed by atoms with Crippen molar-refractivity contribution in [1.82, 2.24) is 5.32 Å². The van der Waals surface area contributed by atoms with Crippen molar-refractivity contribution in [1.29, 1.82) is 0 Å². The lowest BCUT2D eigenvalue weighted by Gasteiger charge is -2.32. The molecule has 1 unspecified atom stereocenters. The normalized spacial score (nSPS) is 16.6. The van der Waals surface area contributed by atoms with Gasteiger partial charge in [-0.1, -0.05) is 77.3 Å². The van der Waals surface area contributed by atoms with Gasteiger partial charge in [0.05, 0.1) is 10.0 Å². The van der Waals surface area contributed by atoms with Crippen LogP contribution in [0.3, 0.4) is 0 Å². The zero-order chi connectivity index (χ0) is 29.3. The number of carbonyl (C=O) groups is 2. The highest BCUT2D eigenvalue weighted by atomic mass is 35.5. The lowest BCUT2D eigenvalue weighted by Crippen LogP contribution is -2.64. The molecular weight excluding hydrogens is 581 g/mol. The molecule has 0 aliphatic carbocycles. The van der Waals surface area contributed by atoms with Crippen molar-refractivity contribution in [3.05, 3.63) is 99.5 Å². The van der Waals surface area contributed by atoms with E-state index in [0.717, 1.165) is 34.6 Å². The number of benzene rings is 4. The number of nitrogens with zero attached hydrogens (tertiary/aromatic N) is 3. The summed E-state index contributed by atoms with van der Waals surface area (Å²) in [4.78, 5) is 29.5. The zero-order valence-electron chi connectivity index (χ0n) is 22.7.